The van der Waals surface area contributed by atoms with Crippen LogP contribution >= 0.6 is 0 Å². The van der Waals surface area contributed by atoms with E-state index in [2.05, 4.69) is 5.16 Å². The number of hydrogen-bond acceptors (Lipinski definition) is 4. The van der Waals surface area contributed by atoms with E-state index in [1.165, 1.54) is 6.26 Å². The number of sulfonamides is 1. The van der Waals surface area contributed by atoms with E-state index in [-0.39, 0.29) is 4.90 Å². The monoisotopic (exact) mass is 314 g/mol. The maximum atomic E-state index is 11.7. The van der Waals surface area contributed by atoms with E-state index >= 15 is 0 Å². The van der Waals surface area contributed by atoms with Crippen molar-refractivity contribution in [3.05, 3.63) is 60.4 Å². The molecule has 0 aliphatic heterocycles. The van der Waals surface area contributed by atoms with E-state index in [0.29, 0.717) is 5.69 Å². The van der Waals surface area contributed by atoms with Crippen LogP contribution in [0.5, 0.6) is 0 Å². The SMILES string of the molecule is Cc1cc(S(N)(=O)=O)cc(-c2ccccc2)c1-c1ccon1. The van der Waals surface area contributed by atoms with Gasteiger partial charge in [0.05, 0.1) is 4.90 Å². The van der Waals surface area contributed by atoms with Crippen molar-refractivity contribution in [1.29, 1.82) is 0 Å². The zero-order valence-electron chi connectivity index (χ0n) is 11.9. The molecule has 0 amide bonds. The van der Waals surface area contributed by atoms with Gasteiger partial charge in [-0.05, 0) is 35.7 Å². The number of aryl methyl sites for hydroxylation is 1. The van der Waals surface area contributed by atoms with E-state index in [9.17, 15) is 8.42 Å². The number of hydrogen-bond donors (Lipinski definition) is 1. The van der Waals surface area contributed by atoms with Gasteiger partial charge in [-0.3, -0.25) is 0 Å². The maximum Gasteiger partial charge on any atom is 0.238 e. The second-order valence-corrected chi connectivity index (χ2v) is 6.52. The lowest BCUT2D eigenvalue weighted by molar-refractivity contribution is 0.422. The van der Waals surface area contributed by atoms with Crippen LogP contribution < -0.4 is 5.14 Å². The van der Waals surface area contributed by atoms with Crippen LogP contribution in [0.4, 0.5) is 0 Å². The highest BCUT2D eigenvalue weighted by Crippen LogP contribution is 2.35. The lowest BCUT2D eigenvalue weighted by Gasteiger charge is -2.13. The Morgan fingerprint density at radius 2 is 1.82 bits per heavy atom. The number of rotatable bonds is 3. The molecule has 0 aliphatic rings. The molecule has 0 radical (unpaired) electrons. The Morgan fingerprint density at radius 3 is 2.41 bits per heavy atom. The maximum absolute atomic E-state index is 11.7. The minimum absolute atomic E-state index is 0.0797. The second kappa shape index (κ2) is 5.40. The van der Waals surface area contributed by atoms with Crippen molar-refractivity contribution in [3.63, 3.8) is 0 Å². The summed E-state index contributed by atoms with van der Waals surface area (Å²) >= 11 is 0. The van der Waals surface area contributed by atoms with Gasteiger partial charge < -0.3 is 4.52 Å². The molecule has 0 aliphatic carbocycles. The molecule has 0 bridgehead atoms. The number of primary sulfonamides is 1. The van der Waals surface area contributed by atoms with Crippen LogP contribution in [0.3, 0.4) is 0 Å². The Balaban J connectivity index is 2.35. The largest absolute Gasteiger partial charge is 0.364 e. The summed E-state index contributed by atoms with van der Waals surface area (Å²) in [5, 5.41) is 9.25. The Bertz CT molecular complexity index is 902. The minimum atomic E-state index is -3.79. The van der Waals surface area contributed by atoms with Gasteiger partial charge in [-0.15, -0.1) is 0 Å². The van der Waals surface area contributed by atoms with Crippen LogP contribution in [-0.2, 0) is 10.0 Å². The van der Waals surface area contributed by atoms with Gasteiger partial charge in [0.15, 0.2) is 0 Å². The predicted molar refractivity (Wildman–Crippen MR) is 83.5 cm³/mol. The standard InChI is InChI=1S/C16H14N2O3S/c1-11-9-13(22(17,19)20)10-14(12-5-3-2-4-6-12)16(11)15-7-8-21-18-15/h2-10H,1H3,(H2,17,19,20). The Morgan fingerprint density at radius 1 is 1.09 bits per heavy atom. The fourth-order valence-corrected chi connectivity index (χ4v) is 3.07. The molecule has 6 heteroatoms. The summed E-state index contributed by atoms with van der Waals surface area (Å²) in [5.41, 5.74) is 3.87. The molecule has 0 saturated heterocycles. The summed E-state index contributed by atoms with van der Waals surface area (Å²) in [6, 6.07) is 14.4. The normalized spacial score (nSPS) is 11.5. The number of nitrogens with two attached hydrogens (primary N) is 1. The van der Waals surface area contributed by atoms with Crippen molar-refractivity contribution in [2.75, 3.05) is 0 Å². The summed E-state index contributed by atoms with van der Waals surface area (Å²) in [6.45, 7) is 1.82. The molecule has 112 valence electrons. The van der Waals surface area contributed by atoms with Gasteiger partial charge in [0.1, 0.15) is 12.0 Å². The van der Waals surface area contributed by atoms with Gasteiger partial charge in [0.2, 0.25) is 10.0 Å². The van der Waals surface area contributed by atoms with Gasteiger partial charge >= 0.3 is 0 Å². The van der Waals surface area contributed by atoms with E-state index in [1.54, 1.807) is 18.2 Å². The van der Waals surface area contributed by atoms with Crippen molar-refractivity contribution < 1.29 is 12.9 Å². The van der Waals surface area contributed by atoms with E-state index in [4.69, 9.17) is 9.66 Å². The van der Waals surface area contributed by atoms with E-state index in [1.807, 2.05) is 37.3 Å². The van der Waals surface area contributed by atoms with Crippen LogP contribution in [0, 0.1) is 6.92 Å². The van der Waals surface area contributed by atoms with Crippen LogP contribution in [0.15, 0.2) is 64.2 Å². The molecular formula is C16H14N2O3S. The molecule has 0 unspecified atom stereocenters. The average Bonchev–Trinajstić information content (AvgIpc) is 3.00. The van der Waals surface area contributed by atoms with Crippen molar-refractivity contribution in [2.45, 2.75) is 11.8 Å². The Kier molecular flexibility index (Phi) is 3.56. The molecule has 3 aromatic rings. The Hall–Kier alpha value is -2.44. The first-order valence-corrected chi connectivity index (χ1v) is 8.15. The number of aromatic nitrogens is 1. The first-order chi connectivity index (χ1) is 10.5. The predicted octanol–water partition coefficient (Wildman–Crippen LogP) is 2.96. The molecule has 1 aromatic heterocycles. The van der Waals surface area contributed by atoms with Gasteiger partial charge in [-0.25, -0.2) is 13.6 Å². The van der Waals surface area contributed by atoms with Crippen molar-refractivity contribution in [1.82, 2.24) is 5.16 Å². The first-order valence-electron chi connectivity index (χ1n) is 6.60. The number of benzene rings is 2. The zero-order chi connectivity index (χ0) is 15.7. The van der Waals surface area contributed by atoms with Crippen molar-refractivity contribution >= 4 is 10.0 Å². The summed E-state index contributed by atoms with van der Waals surface area (Å²) in [7, 11) is -3.79. The smallest absolute Gasteiger partial charge is 0.238 e. The first kappa shape index (κ1) is 14.5. The molecule has 1 heterocycles. The summed E-state index contributed by atoms with van der Waals surface area (Å²) in [5.74, 6) is 0. The molecule has 0 atom stereocenters. The zero-order valence-corrected chi connectivity index (χ0v) is 12.7. The lowest BCUT2D eigenvalue weighted by Crippen LogP contribution is -2.12. The highest BCUT2D eigenvalue weighted by atomic mass is 32.2. The highest BCUT2D eigenvalue weighted by molar-refractivity contribution is 7.89. The van der Waals surface area contributed by atoms with Crippen molar-refractivity contribution in [2.24, 2.45) is 5.14 Å². The molecule has 22 heavy (non-hydrogen) atoms. The summed E-state index contributed by atoms with van der Waals surface area (Å²) < 4.78 is 28.3. The quantitative estimate of drug-likeness (QED) is 0.805. The summed E-state index contributed by atoms with van der Waals surface area (Å²) in [6.07, 6.45) is 1.48. The van der Waals surface area contributed by atoms with Crippen LogP contribution in [-0.4, -0.2) is 13.6 Å². The van der Waals surface area contributed by atoms with Gasteiger partial charge in [0, 0.05) is 11.6 Å². The third-order valence-corrected chi connectivity index (χ3v) is 4.31. The summed E-state index contributed by atoms with van der Waals surface area (Å²) in [4.78, 5) is 0.0797. The van der Waals surface area contributed by atoms with E-state index < -0.39 is 10.0 Å². The van der Waals surface area contributed by atoms with E-state index in [0.717, 1.165) is 22.3 Å². The van der Waals surface area contributed by atoms with Gasteiger partial charge in [-0.2, -0.15) is 0 Å². The fraction of sp³-hybridized carbons (Fsp3) is 0.0625. The molecule has 2 aromatic carbocycles. The molecule has 0 fully saturated rings. The third kappa shape index (κ3) is 2.66. The molecule has 2 N–H and O–H groups in total. The molecular weight excluding hydrogens is 300 g/mol. The van der Waals surface area contributed by atoms with Crippen molar-refractivity contribution in [3.8, 4) is 22.4 Å². The molecule has 3 rings (SSSR count). The minimum Gasteiger partial charge on any atom is -0.364 e. The molecule has 0 spiro atoms. The fourth-order valence-electron chi connectivity index (χ4n) is 2.45. The highest BCUT2D eigenvalue weighted by Gasteiger charge is 2.18. The Labute approximate surface area is 128 Å². The van der Waals surface area contributed by atoms with Gasteiger partial charge in [-0.1, -0.05) is 35.5 Å². The number of nitrogens with zero attached hydrogens (tertiary/aromatic N) is 1. The lowest BCUT2D eigenvalue weighted by atomic mass is 9.94. The third-order valence-electron chi connectivity index (χ3n) is 3.42. The topological polar surface area (TPSA) is 86.2 Å². The molecule has 0 saturated carbocycles. The second-order valence-electron chi connectivity index (χ2n) is 4.96. The van der Waals surface area contributed by atoms with Crippen LogP contribution in [0.1, 0.15) is 5.56 Å². The van der Waals surface area contributed by atoms with Crippen LogP contribution in [0.2, 0.25) is 0 Å². The van der Waals surface area contributed by atoms with Crippen LogP contribution in [0.25, 0.3) is 22.4 Å². The average molecular weight is 314 g/mol. The van der Waals surface area contributed by atoms with Gasteiger partial charge in [0.25, 0.3) is 0 Å². The molecule has 5 nitrogen and oxygen atoms in total.